The lowest BCUT2D eigenvalue weighted by molar-refractivity contribution is -0.120. The predicted molar refractivity (Wildman–Crippen MR) is 123 cm³/mol. The number of rotatable bonds is 3. The van der Waals surface area contributed by atoms with E-state index in [1.165, 1.54) is 12.0 Å². The Morgan fingerprint density at radius 3 is 2.61 bits per heavy atom. The summed E-state index contributed by atoms with van der Waals surface area (Å²) in [6.07, 6.45) is 0.408. The number of hydrogen-bond acceptors (Lipinski definition) is 4. The lowest BCUT2D eigenvalue weighted by Gasteiger charge is -2.36. The fourth-order valence-corrected chi connectivity index (χ4v) is 5.15. The molecule has 3 amide bonds. The van der Waals surface area contributed by atoms with Gasteiger partial charge in [-0.2, -0.15) is 0 Å². The Bertz CT molecular complexity index is 1430. The molecule has 7 nitrogen and oxygen atoms in total. The van der Waals surface area contributed by atoms with E-state index in [2.05, 4.69) is 4.98 Å². The lowest BCUT2D eigenvalue weighted by Crippen LogP contribution is -2.44. The number of nitrogens with zero attached hydrogens (tertiary/aromatic N) is 2. The number of phenols is 1. The van der Waals surface area contributed by atoms with Gasteiger partial charge in [0.2, 0.25) is 0 Å². The van der Waals surface area contributed by atoms with Crippen LogP contribution < -0.4 is 9.64 Å². The highest BCUT2D eigenvalue weighted by Crippen LogP contribution is 2.46. The molecule has 7 heteroatoms. The first-order chi connectivity index (χ1) is 16.1. The second-order valence-corrected chi connectivity index (χ2v) is 8.32. The normalized spacial score (nSPS) is 19.7. The number of urea groups is 1. The zero-order valence-corrected chi connectivity index (χ0v) is 17.9. The van der Waals surface area contributed by atoms with E-state index in [1.807, 2.05) is 30.3 Å². The number of carbonyl (C=O) groups excluding carboxylic acids is 2. The van der Waals surface area contributed by atoms with Gasteiger partial charge in [-0.3, -0.25) is 9.69 Å². The maximum absolute atomic E-state index is 13.8. The topological polar surface area (TPSA) is 85.9 Å². The van der Waals surface area contributed by atoms with Gasteiger partial charge in [-0.25, -0.2) is 9.69 Å². The number of anilines is 1. The Morgan fingerprint density at radius 1 is 1.00 bits per heavy atom. The van der Waals surface area contributed by atoms with Crippen LogP contribution in [0.3, 0.4) is 0 Å². The fraction of sp³-hybridized carbons (Fsp3) is 0.154. The smallest absolute Gasteiger partial charge is 0.333 e. The number of aromatic amines is 1. The molecule has 0 bridgehead atoms. The van der Waals surface area contributed by atoms with Crippen molar-refractivity contribution in [3.8, 4) is 11.5 Å². The summed E-state index contributed by atoms with van der Waals surface area (Å²) in [4.78, 5) is 33.8. The van der Waals surface area contributed by atoms with Crippen LogP contribution in [0.4, 0.5) is 10.5 Å². The highest BCUT2D eigenvalue weighted by atomic mass is 16.5. The summed E-state index contributed by atoms with van der Waals surface area (Å²) in [5, 5.41) is 11.2. The molecule has 2 N–H and O–H groups in total. The number of para-hydroxylation sites is 3. The van der Waals surface area contributed by atoms with E-state index in [-0.39, 0.29) is 11.7 Å². The van der Waals surface area contributed by atoms with E-state index in [1.54, 1.807) is 47.4 Å². The fourth-order valence-electron chi connectivity index (χ4n) is 5.15. The third-order valence-electron chi connectivity index (χ3n) is 6.56. The van der Waals surface area contributed by atoms with Gasteiger partial charge in [0.1, 0.15) is 23.6 Å². The van der Waals surface area contributed by atoms with Crippen LogP contribution in [0, 0.1) is 0 Å². The van der Waals surface area contributed by atoms with Gasteiger partial charge in [0.05, 0.1) is 12.8 Å². The Labute approximate surface area is 189 Å². The van der Waals surface area contributed by atoms with Crippen molar-refractivity contribution in [3.63, 3.8) is 0 Å². The van der Waals surface area contributed by atoms with Crippen molar-refractivity contribution in [1.29, 1.82) is 0 Å². The second kappa shape index (κ2) is 7.13. The van der Waals surface area contributed by atoms with Crippen LogP contribution in [0.1, 0.15) is 22.9 Å². The summed E-state index contributed by atoms with van der Waals surface area (Å²) < 4.78 is 5.44. The highest BCUT2D eigenvalue weighted by molar-refractivity contribution is 6.22. The van der Waals surface area contributed by atoms with Crippen LogP contribution in [0.2, 0.25) is 0 Å². The molecule has 3 aromatic carbocycles. The molecule has 6 rings (SSSR count). The largest absolute Gasteiger partial charge is 0.508 e. The zero-order chi connectivity index (χ0) is 22.7. The molecule has 2 atom stereocenters. The lowest BCUT2D eigenvalue weighted by atomic mass is 9.89. The highest BCUT2D eigenvalue weighted by Gasteiger charge is 2.53. The van der Waals surface area contributed by atoms with Crippen molar-refractivity contribution in [3.05, 3.63) is 89.6 Å². The average Bonchev–Trinajstić information content (AvgIpc) is 3.32. The SMILES string of the molecule is COc1ccccc1N1C(=O)C2Cc3c([nH]c4ccccc34)C(c3cccc(O)c3)N2C1=O. The predicted octanol–water partition coefficient (Wildman–Crippen LogP) is 4.37. The number of phenolic OH excluding ortho intramolecular Hbond substituents is 1. The van der Waals surface area contributed by atoms with Gasteiger partial charge in [-0.15, -0.1) is 0 Å². The number of aromatic nitrogens is 1. The number of benzene rings is 3. The molecule has 0 aliphatic carbocycles. The van der Waals surface area contributed by atoms with Crippen LogP contribution in [0.15, 0.2) is 72.8 Å². The third kappa shape index (κ3) is 2.75. The van der Waals surface area contributed by atoms with Crippen molar-refractivity contribution in [2.24, 2.45) is 0 Å². The van der Waals surface area contributed by atoms with Crippen LogP contribution in [-0.2, 0) is 11.2 Å². The molecule has 0 saturated carbocycles. The number of aromatic hydroxyl groups is 1. The second-order valence-electron chi connectivity index (χ2n) is 8.32. The molecule has 2 aliphatic heterocycles. The van der Waals surface area contributed by atoms with Crippen molar-refractivity contribution >= 4 is 28.5 Å². The van der Waals surface area contributed by atoms with E-state index >= 15 is 0 Å². The van der Waals surface area contributed by atoms with Gasteiger partial charge in [0.25, 0.3) is 5.91 Å². The number of imide groups is 1. The third-order valence-corrected chi connectivity index (χ3v) is 6.56. The number of fused-ring (bicyclic) bond motifs is 4. The Hall–Kier alpha value is -4.26. The maximum atomic E-state index is 13.8. The van der Waals surface area contributed by atoms with Crippen LogP contribution in [0.5, 0.6) is 11.5 Å². The quantitative estimate of drug-likeness (QED) is 0.465. The molecule has 2 unspecified atom stereocenters. The van der Waals surface area contributed by atoms with E-state index in [0.29, 0.717) is 17.9 Å². The summed E-state index contributed by atoms with van der Waals surface area (Å²) >= 11 is 0. The molecule has 0 radical (unpaired) electrons. The molecule has 1 aromatic heterocycles. The van der Waals surface area contributed by atoms with Crippen LogP contribution in [-0.4, -0.2) is 40.1 Å². The molecule has 3 heterocycles. The summed E-state index contributed by atoms with van der Waals surface area (Å²) in [6.45, 7) is 0. The zero-order valence-electron chi connectivity index (χ0n) is 17.9. The Kier molecular flexibility index (Phi) is 4.20. The molecule has 0 spiro atoms. The van der Waals surface area contributed by atoms with E-state index in [9.17, 15) is 14.7 Å². The first kappa shape index (κ1) is 19.4. The summed E-state index contributed by atoms with van der Waals surface area (Å²) in [5.41, 5.74) is 3.99. The standard InChI is InChI=1S/C26H21N3O4/c1-33-22-12-5-4-11-20(22)29-25(31)21-14-18-17-9-2-3-10-19(17)27-23(18)24(28(21)26(29)32)15-7-6-8-16(30)13-15/h2-13,21,24,27,30H,14H2,1H3. The van der Waals surface area contributed by atoms with Gasteiger partial charge >= 0.3 is 6.03 Å². The minimum Gasteiger partial charge on any atom is -0.508 e. The number of carbonyl (C=O) groups is 2. The maximum Gasteiger partial charge on any atom is 0.333 e. The summed E-state index contributed by atoms with van der Waals surface area (Å²) in [7, 11) is 1.52. The number of hydrogen-bond donors (Lipinski definition) is 2. The molecule has 33 heavy (non-hydrogen) atoms. The molecule has 2 aliphatic rings. The van der Waals surface area contributed by atoms with Gasteiger partial charge in [-0.1, -0.05) is 42.5 Å². The van der Waals surface area contributed by atoms with Crippen molar-refractivity contribution in [2.75, 3.05) is 12.0 Å². The van der Waals surface area contributed by atoms with Crippen molar-refractivity contribution in [1.82, 2.24) is 9.88 Å². The molecular formula is C26H21N3O4. The first-order valence-corrected chi connectivity index (χ1v) is 10.8. The van der Waals surface area contributed by atoms with Gasteiger partial charge < -0.3 is 14.8 Å². The van der Waals surface area contributed by atoms with Gasteiger partial charge in [0.15, 0.2) is 0 Å². The van der Waals surface area contributed by atoms with E-state index < -0.39 is 18.1 Å². The number of amides is 3. The van der Waals surface area contributed by atoms with E-state index in [4.69, 9.17) is 4.74 Å². The monoisotopic (exact) mass is 439 g/mol. The number of ether oxygens (including phenoxy) is 1. The molecule has 1 fully saturated rings. The Balaban J connectivity index is 1.56. The summed E-state index contributed by atoms with van der Waals surface area (Å²) in [5.74, 6) is 0.273. The molecule has 164 valence electrons. The number of methoxy groups -OCH3 is 1. The molecule has 4 aromatic rings. The molecule has 1 saturated heterocycles. The van der Waals surface area contributed by atoms with Gasteiger partial charge in [0, 0.05) is 23.0 Å². The van der Waals surface area contributed by atoms with Crippen LogP contribution in [0.25, 0.3) is 10.9 Å². The first-order valence-electron chi connectivity index (χ1n) is 10.8. The average molecular weight is 439 g/mol. The Morgan fingerprint density at radius 2 is 1.79 bits per heavy atom. The number of H-pyrrole nitrogens is 1. The van der Waals surface area contributed by atoms with Crippen molar-refractivity contribution < 1.29 is 19.4 Å². The minimum atomic E-state index is -0.665. The summed E-state index contributed by atoms with van der Waals surface area (Å²) in [6, 6.07) is 20.2. The van der Waals surface area contributed by atoms with Crippen molar-refractivity contribution in [2.45, 2.75) is 18.5 Å². The van der Waals surface area contributed by atoms with Crippen LogP contribution >= 0.6 is 0 Å². The minimum absolute atomic E-state index is 0.104. The van der Waals surface area contributed by atoms with Gasteiger partial charge in [-0.05, 0) is 41.5 Å². The van der Waals surface area contributed by atoms with E-state index in [0.717, 1.165) is 27.7 Å². The number of nitrogens with one attached hydrogen (secondary N) is 1. The molecular weight excluding hydrogens is 418 g/mol.